The Balaban J connectivity index is 2.36. The van der Waals surface area contributed by atoms with E-state index < -0.39 is 0 Å². The van der Waals surface area contributed by atoms with Crippen molar-refractivity contribution in [2.24, 2.45) is 10.9 Å². The van der Waals surface area contributed by atoms with E-state index in [1.807, 2.05) is 0 Å². The zero-order chi connectivity index (χ0) is 8.27. The minimum atomic E-state index is -0.143. The average molecular weight is 155 g/mol. The van der Waals surface area contributed by atoms with Gasteiger partial charge in [0.25, 0.3) is 0 Å². The Kier molecular flexibility index (Phi) is 2.46. The lowest BCUT2D eigenvalue weighted by molar-refractivity contribution is 0.240. The third kappa shape index (κ3) is 1.93. The molecular weight excluding hydrogens is 142 g/mol. The van der Waals surface area contributed by atoms with E-state index in [4.69, 9.17) is 0 Å². The summed E-state index contributed by atoms with van der Waals surface area (Å²) in [5.74, 6) is 0.423. The van der Waals surface area contributed by atoms with Crippen LogP contribution in [0.4, 0.5) is 4.79 Å². The molecule has 0 radical (unpaired) electrons. The highest BCUT2D eigenvalue weighted by molar-refractivity contribution is 5.79. The molecule has 2 unspecified atom stereocenters. The minimum Gasteiger partial charge on any atom is -0.341 e. The number of nitrogens with one attached hydrogen (secondary N) is 2. The smallest absolute Gasteiger partial charge is 0.315 e. The van der Waals surface area contributed by atoms with Gasteiger partial charge in [-0.1, -0.05) is 6.92 Å². The summed E-state index contributed by atoms with van der Waals surface area (Å²) in [5, 5.41) is 5.28. The summed E-state index contributed by atoms with van der Waals surface area (Å²) >= 11 is 0. The van der Waals surface area contributed by atoms with E-state index in [-0.39, 0.29) is 12.1 Å². The van der Waals surface area contributed by atoms with Crippen molar-refractivity contribution in [2.75, 3.05) is 13.6 Å². The van der Waals surface area contributed by atoms with Gasteiger partial charge in [-0.25, -0.2) is 4.79 Å². The maximum Gasteiger partial charge on any atom is 0.315 e. The monoisotopic (exact) mass is 155 g/mol. The van der Waals surface area contributed by atoms with E-state index in [9.17, 15) is 4.79 Å². The highest BCUT2D eigenvalue weighted by Crippen LogP contribution is 2.07. The van der Waals surface area contributed by atoms with Gasteiger partial charge in [0.2, 0.25) is 0 Å². The fourth-order valence-corrected chi connectivity index (χ4v) is 1.00. The number of aliphatic imine (C=N–C) groups is 1. The fourth-order valence-electron chi connectivity index (χ4n) is 1.00. The van der Waals surface area contributed by atoms with E-state index in [0.29, 0.717) is 5.92 Å². The van der Waals surface area contributed by atoms with Gasteiger partial charge in [-0.3, -0.25) is 4.99 Å². The van der Waals surface area contributed by atoms with Gasteiger partial charge in [0.1, 0.15) is 0 Å². The standard InChI is InChI=1S/C7H13N3O/c1-5-3-9-4-6(5)10-7(11)8-2/h4-6H,3H2,1-2H3,(H2,8,10,11). The lowest BCUT2D eigenvalue weighted by Crippen LogP contribution is -2.43. The van der Waals surface area contributed by atoms with Crippen molar-refractivity contribution in [1.29, 1.82) is 0 Å². The van der Waals surface area contributed by atoms with Crippen molar-refractivity contribution in [2.45, 2.75) is 13.0 Å². The second-order valence-electron chi connectivity index (χ2n) is 2.74. The van der Waals surface area contributed by atoms with Crippen LogP contribution in [-0.4, -0.2) is 31.9 Å². The molecule has 1 rings (SSSR count). The first-order valence-corrected chi connectivity index (χ1v) is 3.72. The Bertz CT molecular complexity index is 179. The number of urea groups is 1. The maximum atomic E-state index is 10.8. The first-order valence-electron chi connectivity index (χ1n) is 3.72. The lowest BCUT2D eigenvalue weighted by atomic mass is 10.1. The fraction of sp³-hybridized carbons (Fsp3) is 0.714. The number of amides is 2. The Hall–Kier alpha value is -1.06. The summed E-state index contributed by atoms with van der Waals surface area (Å²) in [5.41, 5.74) is 0. The number of carbonyl (C=O) groups is 1. The van der Waals surface area contributed by atoms with Crippen LogP contribution in [0.5, 0.6) is 0 Å². The number of carbonyl (C=O) groups excluding carboxylic acids is 1. The lowest BCUT2D eigenvalue weighted by Gasteiger charge is -2.13. The molecule has 0 aromatic carbocycles. The molecular formula is C7H13N3O. The number of hydrogen-bond donors (Lipinski definition) is 2. The van der Waals surface area contributed by atoms with E-state index in [1.165, 1.54) is 0 Å². The van der Waals surface area contributed by atoms with Crippen LogP contribution >= 0.6 is 0 Å². The molecule has 0 aromatic heterocycles. The molecule has 1 aliphatic heterocycles. The summed E-state index contributed by atoms with van der Waals surface area (Å²) < 4.78 is 0. The van der Waals surface area contributed by atoms with Gasteiger partial charge in [0.15, 0.2) is 0 Å². The molecule has 1 heterocycles. The molecule has 2 N–H and O–H groups in total. The topological polar surface area (TPSA) is 53.5 Å². The van der Waals surface area contributed by atoms with Crippen molar-refractivity contribution < 1.29 is 4.79 Å². The molecule has 2 atom stereocenters. The summed E-state index contributed by atoms with van der Waals surface area (Å²) in [7, 11) is 1.60. The van der Waals surface area contributed by atoms with Crippen LogP contribution in [0.3, 0.4) is 0 Å². The van der Waals surface area contributed by atoms with Gasteiger partial charge in [0, 0.05) is 25.7 Å². The average Bonchev–Trinajstić information content (AvgIpc) is 2.37. The van der Waals surface area contributed by atoms with E-state index >= 15 is 0 Å². The van der Waals surface area contributed by atoms with Crippen LogP contribution in [0, 0.1) is 5.92 Å². The van der Waals surface area contributed by atoms with Gasteiger partial charge in [-0.05, 0) is 0 Å². The molecule has 2 amide bonds. The minimum absolute atomic E-state index is 0.106. The van der Waals surface area contributed by atoms with E-state index in [1.54, 1.807) is 13.3 Å². The summed E-state index contributed by atoms with van der Waals surface area (Å²) in [6, 6.07) is -0.0369. The summed E-state index contributed by atoms with van der Waals surface area (Å²) in [6.45, 7) is 2.88. The Morgan fingerprint density at radius 2 is 2.45 bits per heavy atom. The van der Waals surface area contributed by atoms with Gasteiger partial charge < -0.3 is 10.6 Å². The first-order chi connectivity index (χ1) is 5.24. The van der Waals surface area contributed by atoms with Crippen LogP contribution in [0.1, 0.15) is 6.92 Å². The van der Waals surface area contributed by atoms with Crippen molar-refractivity contribution in [3.05, 3.63) is 0 Å². The molecule has 1 aliphatic rings. The normalized spacial score (nSPS) is 28.5. The second-order valence-corrected chi connectivity index (χ2v) is 2.74. The van der Waals surface area contributed by atoms with Crippen LogP contribution in [0.15, 0.2) is 4.99 Å². The van der Waals surface area contributed by atoms with Gasteiger partial charge >= 0.3 is 6.03 Å². The van der Waals surface area contributed by atoms with Gasteiger partial charge in [0.05, 0.1) is 6.04 Å². The van der Waals surface area contributed by atoms with Crippen molar-refractivity contribution >= 4 is 12.2 Å². The Labute approximate surface area is 66.1 Å². The molecule has 0 spiro atoms. The molecule has 0 saturated heterocycles. The van der Waals surface area contributed by atoms with Crippen LogP contribution in [-0.2, 0) is 0 Å². The molecule has 0 bridgehead atoms. The van der Waals surface area contributed by atoms with E-state index in [0.717, 1.165) is 6.54 Å². The number of nitrogens with zero attached hydrogens (tertiary/aromatic N) is 1. The SMILES string of the molecule is CNC(=O)NC1C=NCC1C. The second kappa shape index (κ2) is 3.37. The molecule has 4 nitrogen and oxygen atoms in total. The molecule has 0 fully saturated rings. The maximum absolute atomic E-state index is 10.8. The van der Waals surface area contributed by atoms with Gasteiger partial charge in [-0.2, -0.15) is 0 Å². The Morgan fingerprint density at radius 1 is 1.73 bits per heavy atom. The van der Waals surface area contributed by atoms with Crippen molar-refractivity contribution in [1.82, 2.24) is 10.6 Å². The number of hydrogen-bond acceptors (Lipinski definition) is 2. The molecule has 4 heteroatoms. The first kappa shape index (κ1) is 8.04. The third-order valence-electron chi connectivity index (χ3n) is 1.80. The van der Waals surface area contributed by atoms with Crippen LogP contribution < -0.4 is 10.6 Å². The van der Waals surface area contributed by atoms with Crippen LogP contribution in [0.25, 0.3) is 0 Å². The molecule has 0 aliphatic carbocycles. The Morgan fingerprint density at radius 3 is 2.91 bits per heavy atom. The highest BCUT2D eigenvalue weighted by atomic mass is 16.2. The van der Waals surface area contributed by atoms with Crippen molar-refractivity contribution in [3.63, 3.8) is 0 Å². The number of rotatable bonds is 1. The molecule has 11 heavy (non-hydrogen) atoms. The zero-order valence-corrected chi connectivity index (χ0v) is 6.79. The predicted octanol–water partition coefficient (Wildman–Crippen LogP) is 0.00450. The molecule has 62 valence electrons. The van der Waals surface area contributed by atoms with Crippen LogP contribution in [0.2, 0.25) is 0 Å². The predicted molar refractivity (Wildman–Crippen MR) is 43.9 cm³/mol. The third-order valence-corrected chi connectivity index (χ3v) is 1.80. The molecule has 0 aromatic rings. The van der Waals surface area contributed by atoms with Gasteiger partial charge in [-0.15, -0.1) is 0 Å². The van der Waals surface area contributed by atoms with Crippen molar-refractivity contribution in [3.8, 4) is 0 Å². The highest BCUT2D eigenvalue weighted by Gasteiger charge is 2.20. The quantitative estimate of drug-likeness (QED) is 0.550. The summed E-state index contributed by atoms with van der Waals surface area (Å²) in [6.07, 6.45) is 1.79. The van der Waals surface area contributed by atoms with E-state index in [2.05, 4.69) is 22.5 Å². The molecule has 0 saturated carbocycles. The largest absolute Gasteiger partial charge is 0.341 e. The summed E-state index contributed by atoms with van der Waals surface area (Å²) in [4.78, 5) is 14.9. The zero-order valence-electron chi connectivity index (χ0n) is 6.79.